The Labute approximate surface area is 186 Å². The molecule has 1 aliphatic heterocycles. The number of aromatic nitrogens is 1. The van der Waals surface area contributed by atoms with Crippen LogP contribution in [0.4, 0.5) is 5.69 Å². The van der Waals surface area contributed by atoms with Crippen molar-refractivity contribution in [3.05, 3.63) is 59.9 Å². The number of anilines is 1. The summed E-state index contributed by atoms with van der Waals surface area (Å²) in [6, 6.07) is 15.4. The molecular weight excluding hydrogens is 404 g/mol. The summed E-state index contributed by atoms with van der Waals surface area (Å²) in [5.41, 5.74) is 5.29. The highest BCUT2D eigenvalue weighted by molar-refractivity contribution is 7.88. The fourth-order valence-electron chi connectivity index (χ4n) is 4.50. The number of nitrogens with one attached hydrogen (secondary N) is 1. The number of fused-ring (bicyclic) bond motifs is 1. The Kier molecular flexibility index (Phi) is 5.58. The van der Waals surface area contributed by atoms with E-state index in [9.17, 15) is 9.81 Å². The molecule has 2 aliphatic rings. The van der Waals surface area contributed by atoms with Crippen molar-refractivity contribution in [2.24, 2.45) is 0 Å². The molecular formula is C25H26N4OS. The van der Waals surface area contributed by atoms with Crippen LogP contribution in [0.3, 0.4) is 0 Å². The standard InChI is InChI=1S/C25H26N4OS/c1-31(30)29-8-5-23(6-9-29)28-25-14-22(12-19-4-7-27-16-24(19)25)21-11-17(15-26)10-20(13-21)18-2-3-18/h4,7,10-14,16,18,23,28H,2-3,5-6,8-9H2,1H3. The van der Waals surface area contributed by atoms with E-state index in [0.29, 0.717) is 12.0 Å². The number of nitriles is 1. The minimum atomic E-state index is -0.900. The molecule has 0 spiro atoms. The monoisotopic (exact) mass is 430 g/mol. The zero-order valence-electron chi connectivity index (χ0n) is 17.7. The van der Waals surface area contributed by atoms with E-state index in [4.69, 9.17) is 0 Å². The molecule has 1 saturated heterocycles. The van der Waals surface area contributed by atoms with Crippen LogP contribution in [0.25, 0.3) is 21.9 Å². The topological polar surface area (TPSA) is 75.0 Å². The minimum Gasteiger partial charge on any atom is -0.598 e. The van der Waals surface area contributed by atoms with Gasteiger partial charge in [-0.2, -0.15) is 5.26 Å². The van der Waals surface area contributed by atoms with E-state index in [-0.39, 0.29) is 0 Å². The van der Waals surface area contributed by atoms with Crippen molar-refractivity contribution in [2.45, 2.75) is 37.6 Å². The lowest BCUT2D eigenvalue weighted by Gasteiger charge is -2.31. The van der Waals surface area contributed by atoms with Gasteiger partial charge < -0.3 is 9.87 Å². The molecule has 31 heavy (non-hydrogen) atoms. The van der Waals surface area contributed by atoms with Crippen molar-refractivity contribution in [3.8, 4) is 17.2 Å². The molecule has 1 N–H and O–H groups in total. The van der Waals surface area contributed by atoms with Crippen LogP contribution >= 0.6 is 0 Å². The van der Waals surface area contributed by atoms with Crippen molar-refractivity contribution in [1.82, 2.24) is 9.29 Å². The molecule has 5 nitrogen and oxygen atoms in total. The van der Waals surface area contributed by atoms with Crippen molar-refractivity contribution in [1.29, 1.82) is 5.26 Å². The van der Waals surface area contributed by atoms with Gasteiger partial charge in [0.1, 0.15) is 6.26 Å². The molecule has 0 amide bonds. The summed E-state index contributed by atoms with van der Waals surface area (Å²) in [6.45, 7) is 1.68. The van der Waals surface area contributed by atoms with E-state index in [2.05, 4.69) is 34.6 Å². The first kappa shape index (κ1) is 20.3. The number of pyridine rings is 1. The first-order chi connectivity index (χ1) is 15.1. The van der Waals surface area contributed by atoms with E-state index in [0.717, 1.165) is 59.1 Å². The number of hydrogen-bond donors (Lipinski definition) is 1. The van der Waals surface area contributed by atoms with Gasteiger partial charge >= 0.3 is 0 Å². The molecule has 1 aliphatic carbocycles. The molecule has 1 saturated carbocycles. The van der Waals surface area contributed by atoms with Gasteiger partial charge in [-0.3, -0.25) is 4.98 Å². The van der Waals surface area contributed by atoms with E-state index < -0.39 is 11.4 Å². The van der Waals surface area contributed by atoms with Crippen LogP contribution < -0.4 is 5.32 Å². The van der Waals surface area contributed by atoms with E-state index in [1.165, 1.54) is 18.4 Å². The second-order valence-electron chi connectivity index (χ2n) is 8.62. The normalized spacial score (nSPS) is 18.6. The van der Waals surface area contributed by atoms with Crippen LogP contribution in [0, 0.1) is 11.3 Å². The molecule has 5 rings (SSSR count). The highest BCUT2D eigenvalue weighted by Crippen LogP contribution is 2.42. The summed E-state index contributed by atoms with van der Waals surface area (Å²) in [5, 5.41) is 15.5. The number of nitrogens with zero attached hydrogens (tertiary/aromatic N) is 3. The molecule has 2 aromatic carbocycles. The SMILES string of the molecule is C[S+]([O-])N1CCC(Nc2cc(-c3cc(C#N)cc(C4CC4)c3)cc3ccncc23)CC1. The molecule has 158 valence electrons. The van der Waals surface area contributed by atoms with Crippen LogP contribution in [-0.2, 0) is 11.4 Å². The van der Waals surface area contributed by atoms with Crippen LogP contribution in [0.2, 0.25) is 0 Å². The van der Waals surface area contributed by atoms with Crippen LogP contribution in [0.1, 0.15) is 42.7 Å². The van der Waals surface area contributed by atoms with Crippen molar-refractivity contribution < 1.29 is 4.55 Å². The van der Waals surface area contributed by atoms with Gasteiger partial charge in [0, 0.05) is 54.0 Å². The summed E-state index contributed by atoms with van der Waals surface area (Å²) >= 11 is -0.900. The highest BCUT2D eigenvalue weighted by Gasteiger charge is 2.26. The van der Waals surface area contributed by atoms with Crippen LogP contribution in [0.5, 0.6) is 0 Å². The van der Waals surface area contributed by atoms with Crippen LogP contribution in [-0.4, -0.2) is 39.2 Å². The summed E-state index contributed by atoms with van der Waals surface area (Å²) < 4.78 is 13.8. The van der Waals surface area contributed by atoms with Gasteiger partial charge in [-0.15, -0.1) is 4.31 Å². The van der Waals surface area contributed by atoms with Crippen molar-refractivity contribution in [2.75, 3.05) is 24.7 Å². The fourth-order valence-corrected chi connectivity index (χ4v) is 5.22. The zero-order chi connectivity index (χ0) is 21.4. The smallest absolute Gasteiger partial charge is 0.115 e. The van der Waals surface area contributed by atoms with Gasteiger partial charge in [-0.25, -0.2) is 0 Å². The lowest BCUT2D eigenvalue weighted by molar-refractivity contribution is 0.332. The summed E-state index contributed by atoms with van der Waals surface area (Å²) in [5.74, 6) is 0.601. The van der Waals surface area contributed by atoms with Crippen LogP contribution in [0.15, 0.2) is 48.8 Å². The Hall–Kier alpha value is -2.59. The largest absolute Gasteiger partial charge is 0.598 e. The minimum absolute atomic E-state index is 0.339. The Morgan fingerprint density at radius 1 is 1.10 bits per heavy atom. The van der Waals surface area contributed by atoms with Crippen molar-refractivity contribution >= 4 is 27.8 Å². The molecule has 0 bridgehead atoms. The Morgan fingerprint density at radius 2 is 1.87 bits per heavy atom. The number of rotatable bonds is 5. The predicted molar refractivity (Wildman–Crippen MR) is 126 cm³/mol. The van der Waals surface area contributed by atoms with Crippen molar-refractivity contribution in [3.63, 3.8) is 0 Å². The highest BCUT2D eigenvalue weighted by atomic mass is 32.2. The quantitative estimate of drug-likeness (QED) is 0.587. The van der Waals surface area contributed by atoms with E-state index in [1.54, 1.807) is 6.26 Å². The maximum atomic E-state index is 11.8. The predicted octanol–water partition coefficient (Wildman–Crippen LogP) is 4.82. The Balaban J connectivity index is 1.50. The molecule has 3 aromatic rings. The van der Waals surface area contributed by atoms with Gasteiger partial charge in [-0.1, -0.05) is 6.07 Å². The Morgan fingerprint density at radius 3 is 2.58 bits per heavy atom. The average Bonchev–Trinajstić information content (AvgIpc) is 3.64. The third-order valence-corrected chi connectivity index (χ3v) is 7.49. The van der Waals surface area contributed by atoms with Gasteiger partial charge in [0.05, 0.1) is 11.6 Å². The molecule has 2 heterocycles. The molecule has 0 radical (unpaired) electrons. The number of piperidine rings is 1. The molecule has 1 aromatic heterocycles. The maximum absolute atomic E-state index is 11.8. The lowest BCUT2D eigenvalue weighted by Crippen LogP contribution is -2.41. The van der Waals surface area contributed by atoms with Gasteiger partial charge in [0.2, 0.25) is 0 Å². The Bertz CT molecular complexity index is 1140. The molecule has 1 unspecified atom stereocenters. The third-order valence-electron chi connectivity index (χ3n) is 6.40. The summed E-state index contributed by atoms with van der Waals surface area (Å²) in [4.78, 5) is 4.35. The average molecular weight is 431 g/mol. The number of benzene rings is 2. The van der Waals surface area contributed by atoms with E-state index >= 15 is 0 Å². The van der Waals surface area contributed by atoms with Gasteiger partial charge in [-0.05, 0) is 84.0 Å². The van der Waals surface area contributed by atoms with E-state index in [1.807, 2.05) is 34.9 Å². The molecule has 2 fully saturated rings. The molecule has 1 atom stereocenters. The zero-order valence-corrected chi connectivity index (χ0v) is 18.5. The number of hydrogen-bond acceptors (Lipinski definition) is 5. The maximum Gasteiger partial charge on any atom is 0.115 e. The summed E-state index contributed by atoms with van der Waals surface area (Å²) in [7, 11) is 0. The van der Waals surface area contributed by atoms with Gasteiger partial charge in [0.25, 0.3) is 0 Å². The summed E-state index contributed by atoms with van der Waals surface area (Å²) in [6.07, 6.45) is 9.84. The van der Waals surface area contributed by atoms with Gasteiger partial charge in [0.15, 0.2) is 0 Å². The fraction of sp³-hybridized carbons (Fsp3) is 0.360. The third kappa shape index (κ3) is 4.40. The second-order valence-corrected chi connectivity index (χ2v) is 9.99. The second kappa shape index (κ2) is 8.51. The first-order valence-corrected chi connectivity index (χ1v) is 12.4. The lowest BCUT2D eigenvalue weighted by atomic mass is 9.95. The first-order valence-electron chi connectivity index (χ1n) is 10.9. The molecule has 6 heteroatoms.